The highest BCUT2D eigenvalue weighted by Crippen LogP contribution is 2.39. The van der Waals surface area contributed by atoms with Crippen LogP contribution in [-0.2, 0) is 0 Å². The Bertz CT molecular complexity index is 777. The number of halogens is 2. The lowest BCUT2D eigenvalue weighted by Gasteiger charge is -2.20. The molecule has 0 fully saturated rings. The van der Waals surface area contributed by atoms with Gasteiger partial charge in [0.15, 0.2) is 5.75 Å². The van der Waals surface area contributed by atoms with Crippen LogP contribution in [0.1, 0.15) is 30.9 Å². The molecule has 0 radical (unpaired) electrons. The van der Waals surface area contributed by atoms with E-state index in [9.17, 15) is 8.78 Å². The molecule has 0 aliphatic carbocycles. The van der Waals surface area contributed by atoms with Crippen LogP contribution in [0.5, 0.6) is 5.75 Å². The molecular weight excluding hydrogens is 294 g/mol. The average molecular weight is 308 g/mol. The summed E-state index contributed by atoms with van der Waals surface area (Å²) in [7, 11) is 0. The molecule has 0 aliphatic rings. The van der Waals surface area contributed by atoms with Crippen LogP contribution in [0.3, 0.4) is 0 Å². The Balaban J connectivity index is 2.96. The average Bonchev–Trinajstić information content (AvgIpc) is 2.35. The molecule has 2 aromatic rings. The van der Waals surface area contributed by atoms with E-state index in [4.69, 9.17) is 21.2 Å². The van der Waals surface area contributed by atoms with Gasteiger partial charge in [0.05, 0.1) is 0 Å². The third-order valence-electron chi connectivity index (χ3n) is 3.16. The Morgan fingerprint density at radius 1 is 1.32 bits per heavy atom. The number of anilines is 1. The molecule has 0 bridgehead atoms. The first-order valence-electron chi connectivity index (χ1n) is 6.42. The van der Waals surface area contributed by atoms with E-state index in [1.165, 1.54) is 12.1 Å². The quantitative estimate of drug-likeness (QED) is 0.597. The summed E-state index contributed by atoms with van der Waals surface area (Å²) in [6.45, 7) is 3.63. The zero-order valence-electron chi connectivity index (χ0n) is 11.9. The second kappa shape index (κ2) is 5.40. The number of aliphatic hydroxyl groups is 2. The van der Waals surface area contributed by atoms with Gasteiger partial charge < -0.3 is 20.7 Å². The van der Waals surface area contributed by atoms with Crippen molar-refractivity contribution in [1.82, 2.24) is 0 Å². The molecule has 22 heavy (non-hydrogen) atoms. The Kier molecular flexibility index (Phi) is 3.92. The summed E-state index contributed by atoms with van der Waals surface area (Å²) in [4.78, 5) is 0. The number of ether oxygens (including phenoxy) is 1. The van der Waals surface area contributed by atoms with Crippen molar-refractivity contribution in [3.63, 3.8) is 0 Å². The maximum absolute atomic E-state index is 14.0. The lowest BCUT2D eigenvalue weighted by Crippen LogP contribution is -2.29. The molecule has 0 amide bonds. The van der Waals surface area contributed by atoms with Crippen LogP contribution in [0.2, 0.25) is 0 Å². The standard InChI is InChI=1S/C15H14F2N2O3/c1-7(2)10-5-9(19)3-8-4-12(16)11(6-18)14(13(8)10)22-15(17,20)21/h3-5,7,20-21H,19H2,1-2H3. The van der Waals surface area contributed by atoms with Crippen molar-refractivity contribution in [3.05, 3.63) is 35.1 Å². The number of nitrogens with two attached hydrogens (primary N) is 1. The summed E-state index contributed by atoms with van der Waals surface area (Å²) in [5.74, 6) is -1.67. The maximum atomic E-state index is 14.0. The molecule has 0 atom stereocenters. The summed E-state index contributed by atoms with van der Waals surface area (Å²) in [5, 5.41) is 27.2. The van der Waals surface area contributed by atoms with Crippen LogP contribution in [0.25, 0.3) is 10.8 Å². The Morgan fingerprint density at radius 2 is 1.95 bits per heavy atom. The predicted molar refractivity (Wildman–Crippen MR) is 76.0 cm³/mol. The molecule has 0 spiro atoms. The number of nitrogen functional groups attached to an aromatic ring is 1. The highest BCUT2D eigenvalue weighted by Gasteiger charge is 2.30. The Morgan fingerprint density at radius 3 is 2.45 bits per heavy atom. The fourth-order valence-electron chi connectivity index (χ4n) is 2.32. The Labute approximate surface area is 125 Å². The SMILES string of the molecule is CC(C)c1cc(N)cc2cc(F)c(C#N)c(OC(O)(O)F)c12. The fourth-order valence-corrected chi connectivity index (χ4v) is 2.32. The van der Waals surface area contributed by atoms with E-state index in [1.807, 2.05) is 13.8 Å². The molecule has 0 saturated heterocycles. The zero-order chi connectivity index (χ0) is 16.7. The minimum absolute atomic E-state index is 0.114. The molecule has 0 heterocycles. The predicted octanol–water partition coefficient (Wildman–Crippen LogP) is 2.50. The summed E-state index contributed by atoms with van der Waals surface area (Å²) in [6.07, 6.45) is -4.04. The van der Waals surface area contributed by atoms with Gasteiger partial charge in [-0.25, -0.2) is 4.39 Å². The van der Waals surface area contributed by atoms with Crippen molar-refractivity contribution < 1.29 is 23.7 Å². The fraction of sp³-hybridized carbons (Fsp3) is 0.267. The van der Waals surface area contributed by atoms with E-state index in [0.29, 0.717) is 11.3 Å². The smallest absolute Gasteiger partial charge is 0.411 e. The Hall–Kier alpha value is -2.43. The first-order chi connectivity index (χ1) is 10.1. The van der Waals surface area contributed by atoms with Gasteiger partial charge in [-0.2, -0.15) is 5.26 Å². The van der Waals surface area contributed by atoms with Crippen molar-refractivity contribution in [1.29, 1.82) is 5.26 Å². The molecule has 2 rings (SSSR count). The second-order valence-corrected chi connectivity index (χ2v) is 5.17. The number of hydrogen-bond acceptors (Lipinski definition) is 5. The van der Waals surface area contributed by atoms with Crippen LogP contribution in [0, 0.1) is 17.1 Å². The second-order valence-electron chi connectivity index (χ2n) is 5.17. The van der Waals surface area contributed by atoms with Crippen molar-refractivity contribution in [2.45, 2.75) is 26.0 Å². The minimum Gasteiger partial charge on any atom is -0.411 e. The van der Waals surface area contributed by atoms with E-state index in [-0.39, 0.29) is 16.7 Å². The van der Waals surface area contributed by atoms with E-state index in [1.54, 1.807) is 6.07 Å². The number of rotatable bonds is 3. The molecule has 0 saturated carbocycles. The largest absolute Gasteiger partial charge is 0.492 e. The third-order valence-corrected chi connectivity index (χ3v) is 3.16. The van der Waals surface area contributed by atoms with Crippen LogP contribution in [-0.4, -0.2) is 16.4 Å². The summed E-state index contributed by atoms with van der Waals surface area (Å²) in [5.41, 5.74) is 6.05. The number of hydrogen-bond donors (Lipinski definition) is 3. The van der Waals surface area contributed by atoms with Crippen LogP contribution in [0.4, 0.5) is 14.5 Å². The number of nitriles is 1. The van der Waals surface area contributed by atoms with Gasteiger partial charge in [-0.1, -0.05) is 13.8 Å². The molecular formula is C15H14F2N2O3. The zero-order valence-corrected chi connectivity index (χ0v) is 11.9. The molecule has 7 heteroatoms. The maximum Gasteiger partial charge on any atom is 0.492 e. The van der Waals surface area contributed by atoms with Gasteiger partial charge in [0.25, 0.3) is 0 Å². The van der Waals surface area contributed by atoms with E-state index < -0.39 is 23.4 Å². The van der Waals surface area contributed by atoms with Gasteiger partial charge in [-0.15, -0.1) is 4.39 Å². The van der Waals surface area contributed by atoms with Gasteiger partial charge >= 0.3 is 6.23 Å². The lowest BCUT2D eigenvalue weighted by atomic mass is 9.93. The topological polar surface area (TPSA) is 99.5 Å². The van der Waals surface area contributed by atoms with E-state index >= 15 is 0 Å². The minimum atomic E-state index is -4.04. The van der Waals surface area contributed by atoms with Gasteiger partial charge in [0, 0.05) is 11.1 Å². The molecule has 0 unspecified atom stereocenters. The molecule has 2 aromatic carbocycles. The van der Waals surface area contributed by atoms with E-state index in [2.05, 4.69) is 4.74 Å². The summed E-state index contributed by atoms with van der Waals surface area (Å²) < 4.78 is 31.5. The highest BCUT2D eigenvalue weighted by atomic mass is 19.2. The lowest BCUT2D eigenvalue weighted by molar-refractivity contribution is -0.375. The number of fused-ring (bicyclic) bond motifs is 1. The van der Waals surface area contributed by atoms with Crippen molar-refractivity contribution in [3.8, 4) is 11.8 Å². The van der Waals surface area contributed by atoms with Crippen LogP contribution in [0.15, 0.2) is 18.2 Å². The van der Waals surface area contributed by atoms with Crippen LogP contribution < -0.4 is 10.5 Å². The monoisotopic (exact) mass is 308 g/mol. The molecule has 0 aliphatic heterocycles. The number of nitrogens with zero attached hydrogens (tertiary/aromatic N) is 1. The molecule has 0 aromatic heterocycles. The molecule has 4 N–H and O–H groups in total. The highest BCUT2D eigenvalue weighted by molar-refractivity contribution is 5.96. The first kappa shape index (κ1) is 15.9. The number of benzene rings is 2. The molecule has 5 nitrogen and oxygen atoms in total. The first-order valence-corrected chi connectivity index (χ1v) is 6.42. The number of alkyl halides is 1. The summed E-state index contributed by atoms with van der Waals surface area (Å²) >= 11 is 0. The van der Waals surface area contributed by atoms with Gasteiger partial charge in [0.2, 0.25) is 0 Å². The van der Waals surface area contributed by atoms with Gasteiger partial charge in [-0.3, -0.25) is 0 Å². The molecule has 116 valence electrons. The van der Waals surface area contributed by atoms with Crippen molar-refractivity contribution >= 4 is 16.5 Å². The van der Waals surface area contributed by atoms with Crippen molar-refractivity contribution in [2.75, 3.05) is 5.73 Å². The van der Waals surface area contributed by atoms with Gasteiger partial charge in [-0.05, 0) is 35.1 Å². The van der Waals surface area contributed by atoms with Crippen molar-refractivity contribution in [2.24, 2.45) is 0 Å². The van der Waals surface area contributed by atoms with Crippen LogP contribution >= 0.6 is 0 Å². The van der Waals surface area contributed by atoms with E-state index in [0.717, 1.165) is 6.07 Å². The van der Waals surface area contributed by atoms with Gasteiger partial charge in [0.1, 0.15) is 17.4 Å². The normalized spacial score (nSPS) is 11.7. The summed E-state index contributed by atoms with van der Waals surface area (Å²) in [6, 6.07) is 5.61. The third kappa shape index (κ3) is 2.93.